The summed E-state index contributed by atoms with van der Waals surface area (Å²) in [6, 6.07) is -15.4. The number of amides is 19. The lowest BCUT2D eigenvalue weighted by atomic mass is 10.0. The minimum atomic E-state index is -1.94. The molecule has 0 unspecified atom stereocenters. The molecule has 2 aromatic carbocycles. The minimum Gasteiger partial charge on any atom is -0.508 e. The number of hydrogen-bond acceptors (Lipinski definition) is 28. The second-order valence-corrected chi connectivity index (χ2v) is 35.5. The number of nitrogens with zero attached hydrogens (tertiary/aromatic N) is 1. The van der Waals surface area contributed by atoms with Gasteiger partial charge in [0.1, 0.15) is 90.0 Å². The van der Waals surface area contributed by atoms with Gasteiger partial charge in [-0.3, -0.25) is 84.0 Å². The molecule has 2 heterocycles. The highest BCUT2D eigenvalue weighted by Crippen LogP contribution is 2.26. The molecule has 0 aromatic heterocycles. The number of benzene rings is 2. The Balaban J connectivity index is 2.14. The number of carboxylic acid groups (broad SMARTS) is 1. The molecule has 54 nitrogen and oxygen atoms in total. The van der Waals surface area contributed by atoms with Gasteiger partial charge in [-0.1, -0.05) is 45.9 Å². The van der Waals surface area contributed by atoms with E-state index in [2.05, 4.69) is 101 Å². The predicted molar refractivity (Wildman–Crippen MR) is 515 cm³/mol. The standard InChI is InChI=1S/C83H140N34O20S2/c84-31-3-1-14-50-67(124)111-56(15-2-4-32-85)75(132)117-40-12-22-62(117)74(131)114-59(42-46-25-29-48(119)30-26-46)71(128)110-53(18-8-37-102-81(95)135)66(123)108-55(20-10-39-104-83(97)137)68(125)115-60(72(129)112-57(76(133)134)21-11-36-101-80(93)94)43-138-139-44-61(73(130)113-58(41-45-23-27-47(118)28-24-45)70(127)109-52(65(122)106-50)17-7-35-100-79(91)92)116-69(126)54(19-9-38-103-82(96)136)107-64(121)51(16-6-34-99-78(89)90)105-63(120)49(86)13-5-33-98-77(87)88/h23-30,49-62,118-119H,1-22,31-44,84-86H2,(H,105,120)(H,106,122)(H,107,121)(H,108,123)(H,109,127)(H,110,128)(H,111,124)(H,112,129)(H,113,130)(H,114,131)(H,115,125)(H,116,126)(H,133,134)(H4,87,88,98)(H4,89,90,99)(H4,91,92,100)(H4,93,94,101)(H3,95,102,135)(H3,96,103,136)(H3,97,104,137)/t49-,50-,51-,52-,53-,54-,55-,56+,57-,58-,59-,60-,61-,62-/m0/s1. The number of guanidine groups is 4. The van der Waals surface area contributed by atoms with E-state index in [1.165, 1.54) is 53.4 Å². The third-order valence-electron chi connectivity index (χ3n) is 21.8. The normalized spacial score (nSPS) is 20.4. The second-order valence-electron chi connectivity index (χ2n) is 33.0. The molecule has 4 rings (SSSR count). The van der Waals surface area contributed by atoms with Crippen LogP contribution >= 0.6 is 21.6 Å². The molecule has 0 bridgehead atoms. The number of nitrogens with one attached hydrogen (secondary N) is 23. The van der Waals surface area contributed by atoms with Crippen molar-refractivity contribution in [2.45, 2.75) is 239 Å². The van der Waals surface area contributed by atoms with Gasteiger partial charge in [0, 0.05) is 76.7 Å². The molecule has 2 aliphatic heterocycles. The van der Waals surface area contributed by atoms with Gasteiger partial charge < -0.3 is 179 Å². The number of unbranched alkanes of at least 4 members (excludes halogenated alkanes) is 2. The van der Waals surface area contributed by atoms with Crippen molar-refractivity contribution >= 4 is 146 Å². The maximum absolute atomic E-state index is 15.8. The summed E-state index contributed by atoms with van der Waals surface area (Å²) in [5.41, 5.74) is 57.2. The molecule has 0 spiro atoms. The second kappa shape index (κ2) is 64.2. The lowest BCUT2D eigenvalue weighted by Crippen LogP contribution is -2.61. The van der Waals surface area contributed by atoms with E-state index in [1.807, 2.05) is 0 Å². The van der Waals surface area contributed by atoms with Crippen LogP contribution in [-0.4, -0.2) is 306 Å². The Labute approximate surface area is 811 Å². The molecule has 2 aliphatic rings. The van der Waals surface area contributed by atoms with Gasteiger partial charge in [-0.25, -0.2) is 19.2 Å². The number of phenolic OH excluding ortho intramolecular Hbond substituents is 2. The van der Waals surface area contributed by atoms with E-state index in [0.29, 0.717) is 40.0 Å². The zero-order valence-corrected chi connectivity index (χ0v) is 79.1. The van der Waals surface area contributed by atoms with E-state index in [-0.39, 0.29) is 210 Å². The molecular weight excluding hydrogens is 1860 g/mol. The molecule has 14 atom stereocenters. The number of nitrogens with two attached hydrogens (primary N) is 10. The molecule has 2 fully saturated rings. The van der Waals surface area contributed by atoms with E-state index in [4.69, 9.17) is 79.0 Å². The summed E-state index contributed by atoms with van der Waals surface area (Å²) in [4.78, 5) is 248. The Hall–Kier alpha value is -13.9. The smallest absolute Gasteiger partial charge is 0.326 e. The fraction of sp³-hybridized carbons (Fsp3) is 0.602. The van der Waals surface area contributed by atoms with Crippen LogP contribution in [0.4, 0.5) is 14.4 Å². The van der Waals surface area contributed by atoms with Crippen LogP contribution in [0.15, 0.2) is 48.5 Å². The van der Waals surface area contributed by atoms with Gasteiger partial charge in [0.05, 0.1) is 6.04 Å². The number of carbonyl (C=O) groups is 17. The van der Waals surface area contributed by atoms with Crippen LogP contribution in [0.3, 0.4) is 0 Å². The topological polar surface area (TPSA) is 938 Å². The Kier molecular flexibility index (Phi) is 54.2. The number of carbonyl (C=O) groups excluding carboxylic acids is 16. The summed E-state index contributed by atoms with van der Waals surface area (Å²) < 4.78 is 0. The van der Waals surface area contributed by atoms with Crippen LogP contribution in [0.5, 0.6) is 11.5 Å². The van der Waals surface area contributed by atoms with Crippen LogP contribution in [0.1, 0.15) is 152 Å². The third kappa shape index (κ3) is 47.1. The fourth-order valence-corrected chi connectivity index (χ4v) is 16.8. The number of aliphatic carboxylic acids is 1. The molecular formula is C83H140N34O20S2. The van der Waals surface area contributed by atoms with Crippen LogP contribution in [0, 0.1) is 21.6 Å². The molecule has 56 heteroatoms. The Bertz CT molecular complexity index is 4440. The largest absolute Gasteiger partial charge is 0.508 e. The molecule has 2 saturated heterocycles. The summed E-state index contributed by atoms with van der Waals surface area (Å²) >= 11 is 0. The van der Waals surface area contributed by atoms with E-state index < -0.39 is 234 Å². The maximum Gasteiger partial charge on any atom is 0.326 e. The average molecular weight is 2000 g/mol. The van der Waals surface area contributed by atoms with Gasteiger partial charge in [0.15, 0.2) is 23.8 Å². The summed E-state index contributed by atoms with van der Waals surface area (Å²) in [6.07, 6.45) is -2.16. The number of hydrogen-bond donors (Lipinski definition) is 36. The summed E-state index contributed by atoms with van der Waals surface area (Å²) in [6.45, 7) is -0.552. The zero-order valence-electron chi connectivity index (χ0n) is 77.5. The first-order chi connectivity index (χ1) is 66.1. The number of aromatic hydroxyl groups is 2. The first-order valence-corrected chi connectivity index (χ1v) is 48.1. The van der Waals surface area contributed by atoms with Gasteiger partial charge in [-0.15, -0.1) is 0 Å². The molecule has 0 aliphatic carbocycles. The monoisotopic (exact) mass is 2000 g/mol. The van der Waals surface area contributed by atoms with E-state index >= 15 is 47.9 Å². The van der Waals surface area contributed by atoms with Crippen molar-refractivity contribution in [2.24, 2.45) is 57.3 Å². The highest BCUT2D eigenvalue weighted by atomic mass is 33.1. The highest BCUT2D eigenvalue weighted by Gasteiger charge is 2.42. The zero-order chi connectivity index (χ0) is 103. The Morgan fingerprint density at radius 3 is 1.17 bits per heavy atom. The first-order valence-electron chi connectivity index (χ1n) is 45.6. The fourth-order valence-electron chi connectivity index (χ4n) is 14.5. The number of carboxylic acids is 1. The molecule has 0 saturated carbocycles. The predicted octanol–water partition coefficient (Wildman–Crippen LogP) is -8.84. The maximum atomic E-state index is 15.8. The van der Waals surface area contributed by atoms with E-state index in [9.17, 15) is 48.9 Å². The minimum absolute atomic E-state index is 0.00525. The average Bonchev–Trinajstić information content (AvgIpc) is 1.64. The van der Waals surface area contributed by atoms with Crippen LogP contribution in [0.2, 0.25) is 0 Å². The van der Waals surface area contributed by atoms with Crippen LogP contribution < -0.4 is 158 Å². The van der Waals surface area contributed by atoms with Gasteiger partial charge in [-0.05, 0) is 190 Å². The highest BCUT2D eigenvalue weighted by molar-refractivity contribution is 8.76. The van der Waals surface area contributed by atoms with Gasteiger partial charge in [-0.2, -0.15) is 0 Å². The van der Waals surface area contributed by atoms with Crippen molar-refractivity contribution in [3.05, 3.63) is 59.7 Å². The Morgan fingerprint density at radius 1 is 0.396 bits per heavy atom. The Morgan fingerprint density at radius 2 is 0.741 bits per heavy atom. The molecule has 2 aromatic rings. The summed E-state index contributed by atoms with van der Waals surface area (Å²) in [5, 5.41) is 111. The number of fused-ring (bicyclic) bond motifs is 1. The van der Waals surface area contributed by atoms with Gasteiger partial charge >= 0.3 is 24.1 Å². The van der Waals surface area contributed by atoms with Crippen molar-refractivity contribution in [3.8, 4) is 11.5 Å². The van der Waals surface area contributed by atoms with Crippen LogP contribution in [0.25, 0.3) is 0 Å². The van der Waals surface area contributed by atoms with Crippen molar-refractivity contribution in [1.82, 2.24) is 106 Å². The number of rotatable bonds is 49. The number of primary amides is 3. The third-order valence-corrected chi connectivity index (χ3v) is 24.2. The van der Waals surface area contributed by atoms with E-state index in [0.717, 1.165) is 0 Å². The molecule has 19 amide bonds. The SMILES string of the molecule is N=C(N)NCCC[C@H](NC(=O)[C@@H]1CSSC[C@H](NC(=O)[C@H](CCCNC(N)=O)NC(=O)[C@H](CCCNC(=N)N)NC(=O)[C@@H](N)CCCNC(=N)N)C(=O)N[C@@H](Cc2ccc(O)cc2)C(=O)N[C@@H](CCCNC(=N)N)C(=O)N[C@@H](CCCCN)C(=O)N[C@H](CCCCN)C(=O)N2CCC[C@H]2C(=O)N[C@@H](Cc2ccc(O)cc2)C(=O)N[C@@H](CCCNC(N)=O)C(=O)N[C@@H](CCCNC(N)=O)C(=O)N1)C(=O)O. The van der Waals surface area contributed by atoms with Crippen molar-refractivity contribution in [2.75, 3.05) is 77.0 Å². The molecule has 0 radical (unpaired) electrons. The molecule has 139 heavy (non-hydrogen) atoms. The van der Waals surface area contributed by atoms with Crippen molar-refractivity contribution in [1.29, 1.82) is 21.6 Å². The van der Waals surface area contributed by atoms with Crippen molar-refractivity contribution < 1.29 is 96.8 Å². The summed E-state index contributed by atoms with van der Waals surface area (Å²) in [7, 11) is 1.37. The molecule has 774 valence electrons. The quantitative estimate of drug-likeness (QED) is 0.0127. The molecule has 46 N–H and O–H groups in total. The number of urea groups is 3. The van der Waals surface area contributed by atoms with Gasteiger partial charge in [0.25, 0.3) is 0 Å². The lowest BCUT2D eigenvalue weighted by Gasteiger charge is -2.31. The first kappa shape index (κ1) is 117. The number of phenols is 2. The lowest BCUT2D eigenvalue weighted by molar-refractivity contribution is -0.142. The van der Waals surface area contributed by atoms with Gasteiger partial charge in [0.2, 0.25) is 76.8 Å². The van der Waals surface area contributed by atoms with E-state index in [1.54, 1.807) is 0 Å². The van der Waals surface area contributed by atoms with Crippen LogP contribution in [-0.2, 0) is 80.0 Å². The van der Waals surface area contributed by atoms with Crippen molar-refractivity contribution in [3.63, 3.8) is 0 Å². The summed E-state index contributed by atoms with van der Waals surface area (Å²) in [5.74, 6) is -18.6.